The zero-order chi connectivity index (χ0) is 19.2. The van der Waals surface area contributed by atoms with Gasteiger partial charge in [-0.1, -0.05) is 15.9 Å². The van der Waals surface area contributed by atoms with Gasteiger partial charge in [-0.25, -0.2) is 0 Å². The predicted molar refractivity (Wildman–Crippen MR) is 81.2 cm³/mol. The van der Waals surface area contributed by atoms with Gasteiger partial charge in [-0.2, -0.15) is 0 Å². The van der Waals surface area contributed by atoms with Crippen LogP contribution in [0.15, 0.2) is 0 Å². The Morgan fingerprint density at radius 3 is 1.62 bits per heavy atom. The number of hydrogen-bond donors (Lipinski definition) is 4. The third-order valence-electron chi connectivity index (χ3n) is 4.40. The lowest BCUT2D eigenvalue weighted by Gasteiger charge is -2.57. The van der Waals surface area contributed by atoms with Crippen molar-refractivity contribution in [3.05, 3.63) is 0 Å². The van der Waals surface area contributed by atoms with Crippen LogP contribution in [0.3, 0.4) is 0 Å². The number of carbonyl (C=O) groups excluding carboxylic acids is 4. The molecule has 1 heterocycles. The maximum Gasteiger partial charge on any atom is 0.200 e. The Morgan fingerprint density at radius 1 is 0.917 bits per heavy atom. The third-order valence-corrected chi connectivity index (χ3v) is 5.27. The molecule has 9 nitrogen and oxygen atoms in total. The van der Waals surface area contributed by atoms with E-state index in [4.69, 9.17) is 4.74 Å². The summed E-state index contributed by atoms with van der Waals surface area (Å²) in [6.45, 7) is 3.24. The Bertz CT molecular complexity index is 605. The van der Waals surface area contributed by atoms with Crippen LogP contribution in [-0.2, 0) is 23.9 Å². The van der Waals surface area contributed by atoms with Crippen molar-refractivity contribution in [1.82, 2.24) is 0 Å². The van der Waals surface area contributed by atoms with E-state index in [1.165, 1.54) is 0 Å². The van der Waals surface area contributed by atoms with Gasteiger partial charge in [0.05, 0.1) is 0 Å². The molecule has 1 fully saturated rings. The van der Waals surface area contributed by atoms with E-state index in [-0.39, 0.29) is 0 Å². The van der Waals surface area contributed by atoms with Crippen molar-refractivity contribution >= 4 is 39.1 Å². The number of Topliss-reactive ketones (excluding diaryl/α,β-unsaturated/α-hetero) is 4. The molecule has 1 aliphatic rings. The van der Waals surface area contributed by atoms with Crippen LogP contribution in [0.4, 0.5) is 0 Å². The van der Waals surface area contributed by atoms with Crippen LogP contribution in [0.2, 0.25) is 0 Å². The summed E-state index contributed by atoms with van der Waals surface area (Å²) in [4.78, 5) is 47.6. The molecule has 0 amide bonds. The number of carbonyl (C=O) groups is 4. The number of halogens is 1. The molecule has 4 N–H and O–H groups in total. The van der Waals surface area contributed by atoms with E-state index in [1.54, 1.807) is 0 Å². The van der Waals surface area contributed by atoms with Crippen LogP contribution >= 0.6 is 15.9 Å². The molecule has 0 saturated carbocycles. The lowest BCUT2D eigenvalue weighted by atomic mass is 9.60. The normalized spacial score (nSPS) is 40.7. The average molecular weight is 411 g/mol. The van der Waals surface area contributed by atoms with Gasteiger partial charge in [0.2, 0.25) is 5.60 Å². The average Bonchev–Trinajstić information content (AvgIpc) is 2.46. The van der Waals surface area contributed by atoms with Crippen molar-refractivity contribution in [2.45, 2.75) is 61.7 Å². The molecule has 1 unspecified atom stereocenters. The molecule has 1 saturated heterocycles. The quantitative estimate of drug-likeness (QED) is 0.376. The standard InChI is InChI=1S/C14H19BrO9/c1-5(16)9(20)10-12(21,6(2)17)14(23,8(4)19)13(22,7(3)18)11(15)24-10/h9-11,20-23H,1-4H3/t9?,10-,11+,12-,13-,14+/m1/s1. The molecule has 0 spiro atoms. The highest BCUT2D eigenvalue weighted by Crippen LogP contribution is 2.48. The van der Waals surface area contributed by atoms with Gasteiger partial charge in [-0.3, -0.25) is 19.2 Å². The molecule has 10 heteroatoms. The van der Waals surface area contributed by atoms with Crippen LogP contribution < -0.4 is 0 Å². The van der Waals surface area contributed by atoms with E-state index in [9.17, 15) is 39.6 Å². The molecule has 136 valence electrons. The van der Waals surface area contributed by atoms with Crippen LogP contribution in [-0.4, -0.2) is 77.6 Å². The monoisotopic (exact) mass is 410 g/mol. The van der Waals surface area contributed by atoms with Crippen molar-refractivity contribution in [1.29, 1.82) is 0 Å². The smallest absolute Gasteiger partial charge is 0.200 e. The van der Waals surface area contributed by atoms with Gasteiger partial charge in [0.1, 0.15) is 12.2 Å². The summed E-state index contributed by atoms with van der Waals surface area (Å²) in [7, 11) is 0. The van der Waals surface area contributed by atoms with Gasteiger partial charge in [-0.15, -0.1) is 0 Å². The molecule has 1 rings (SSSR count). The Hall–Kier alpha value is -1.04. The molecule has 0 aromatic carbocycles. The summed E-state index contributed by atoms with van der Waals surface area (Å²) < 4.78 is 5.10. The number of ketones is 4. The minimum absolute atomic E-state index is 0.740. The molecule has 0 aromatic heterocycles. The summed E-state index contributed by atoms with van der Waals surface area (Å²) in [5.41, 5.74) is -9.67. The molecule has 1 aliphatic heterocycles. The van der Waals surface area contributed by atoms with E-state index in [0.717, 1.165) is 27.7 Å². The lowest BCUT2D eigenvalue weighted by molar-refractivity contribution is -0.310. The molecule has 0 aromatic rings. The number of aliphatic hydroxyl groups is 4. The minimum Gasteiger partial charge on any atom is -0.382 e. The maximum atomic E-state index is 12.1. The minimum atomic E-state index is -3.37. The Morgan fingerprint density at radius 2 is 1.33 bits per heavy atom. The number of aliphatic hydroxyl groups excluding tert-OH is 1. The molecule has 0 aliphatic carbocycles. The van der Waals surface area contributed by atoms with Crippen molar-refractivity contribution in [3.63, 3.8) is 0 Å². The van der Waals surface area contributed by atoms with E-state index < -0.39 is 57.2 Å². The van der Waals surface area contributed by atoms with E-state index >= 15 is 0 Å². The van der Waals surface area contributed by atoms with Gasteiger partial charge in [0.15, 0.2) is 39.3 Å². The maximum absolute atomic E-state index is 12.1. The molecular formula is C14H19BrO9. The van der Waals surface area contributed by atoms with Gasteiger partial charge in [-0.05, 0) is 27.7 Å². The summed E-state index contributed by atoms with van der Waals surface area (Å²) in [5, 5.41) is 40.5. The summed E-state index contributed by atoms with van der Waals surface area (Å²) in [6, 6.07) is 0. The van der Waals surface area contributed by atoms with Crippen LogP contribution in [0.25, 0.3) is 0 Å². The molecule has 24 heavy (non-hydrogen) atoms. The highest BCUT2D eigenvalue weighted by Gasteiger charge is 2.78. The second kappa shape index (κ2) is 6.36. The van der Waals surface area contributed by atoms with Crippen LogP contribution in [0, 0.1) is 0 Å². The van der Waals surface area contributed by atoms with Crippen molar-refractivity contribution in [2.24, 2.45) is 0 Å². The zero-order valence-electron chi connectivity index (χ0n) is 13.4. The third kappa shape index (κ3) is 2.40. The summed E-state index contributed by atoms with van der Waals surface area (Å²) >= 11 is 2.76. The SMILES string of the molecule is CC(=O)C(O)[C@H]1O[C@H](Br)[C@](O)(C(C)=O)[C@](O)(C(C)=O)[C@@]1(O)C(C)=O. The topological polar surface area (TPSA) is 158 Å². The van der Waals surface area contributed by atoms with Gasteiger partial charge in [0.25, 0.3) is 0 Å². The first-order chi connectivity index (χ1) is 10.7. The fourth-order valence-electron chi connectivity index (χ4n) is 2.91. The van der Waals surface area contributed by atoms with Crippen LogP contribution in [0.5, 0.6) is 0 Å². The van der Waals surface area contributed by atoms with Crippen molar-refractivity contribution in [2.75, 3.05) is 0 Å². The largest absolute Gasteiger partial charge is 0.382 e. The second-order valence-corrected chi connectivity index (χ2v) is 6.67. The summed E-state index contributed by atoms with van der Waals surface area (Å²) in [5.74, 6) is -4.73. The van der Waals surface area contributed by atoms with Crippen molar-refractivity contribution < 1.29 is 44.3 Å². The number of rotatable bonds is 5. The fourth-order valence-corrected chi connectivity index (χ4v) is 3.79. The second-order valence-electron chi connectivity index (χ2n) is 5.84. The van der Waals surface area contributed by atoms with E-state index in [1.807, 2.05) is 0 Å². The van der Waals surface area contributed by atoms with Gasteiger partial charge < -0.3 is 25.2 Å². The molecular weight excluding hydrogens is 392 g/mol. The molecule has 6 atom stereocenters. The van der Waals surface area contributed by atoms with E-state index in [2.05, 4.69) is 15.9 Å². The molecule has 0 radical (unpaired) electrons. The first-order valence-electron chi connectivity index (χ1n) is 6.88. The first kappa shape index (κ1) is 21.0. The highest BCUT2D eigenvalue weighted by molar-refractivity contribution is 9.09. The van der Waals surface area contributed by atoms with Crippen molar-refractivity contribution in [3.8, 4) is 0 Å². The highest BCUT2D eigenvalue weighted by atomic mass is 79.9. The number of hydrogen-bond acceptors (Lipinski definition) is 9. The Kier molecular flexibility index (Phi) is 5.56. The van der Waals surface area contributed by atoms with Gasteiger partial charge in [0, 0.05) is 0 Å². The summed E-state index contributed by atoms with van der Waals surface area (Å²) in [6.07, 6.45) is -4.22. The van der Waals surface area contributed by atoms with Crippen LogP contribution in [0.1, 0.15) is 27.7 Å². The Balaban J connectivity index is 3.86. The van der Waals surface area contributed by atoms with Gasteiger partial charge >= 0.3 is 0 Å². The predicted octanol–water partition coefficient (Wildman–Crippen LogP) is -1.98. The number of alkyl halides is 1. The number of ether oxygens (including phenoxy) is 1. The zero-order valence-corrected chi connectivity index (χ0v) is 15.0. The van der Waals surface area contributed by atoms with E-state index in [0.29, 0.717) is 0 Å². The molecule has 0 bridgehead atoms. The lowest BCUT2D eigenvalue weighted by Crippen LogP contribution is -2.86. The Labute approximate surface area is 145 Å². The fraction of sp³-hybridized carbons (Fsp3) is 0.714. The first-order valence-corrected chi connectivity index (χ1v) is 7.80.